The van der Waals surface area contributed by atoms with Crippen LogP contribution in [0, 0.1) is 5.41 Å². The lowest BCUT2D eigenvalue weighted by Gasteiger charge is -2.29. The quantitative estimate of drug-likeness (QED) is 0.200. The highest BCUT2D eigenvalue weighted by molar-refractivity contribution is 6.80. The first-order valence-electron chi connectivity index (χ1n) is 13.3. The average Bonchev–Trinajstić information content (AvgIpc) is 2.95. The maximum atomic E-state index is 13.1. The van der Waals surface area contributed by atoms with Crippen LogP contribution in [0.3, 0.4) is 0 Å². The predicted molar refractivity (Wildman–Crippen MR) is 169 cm³/mol. The number of aromatic nitrogens is 1. The minimum Gasteiger partial charge on any atom is -0.493 e. The Morgan fingerprint density at radius 1 is 0.902 bits per heavy atom. The van der Waals surface area contributed by atoms with Gasteiger partial charge in [-0.2, -0.15) is 0 Å². The molecule has 0 saturated carbocycles. The number of carbonyl (C=O) groups is 1. The van der Waals surface area contributed by atoms with Crippen molar-refractivity contribution < 1.29 is 18.7 Å². The maximum Gasteiger partial charge on any atom is 0.255 e. The Labute approximate surface area is 253 Å². The van der Waals surface area contributed by atoms with Crippen molar-refractivity contribution in [3.8, 4) is 11.5 Å². The summed E-state index contributed by atoms with van der Waals surface area (Å²) >= 11 is 12.4. The van der Waals surface area contributed by atoms with E-state index in [2.05, 4.69) is 55.3 Å². The lowest BCUT2D eigenvalue weighted by atomic mass is 9.89. The molecule has 1 aromatic heterocycles. The Kier molecular flexibility index (Phi) is 10.5. The molecule has 1 heterocycles. The molecule has 4 aromatic rings. The number of nitrogens with one attached hydrogen (secondary N) is 1. The number of carbonyl (C=O) groups excluding carboxylic acids is 1. The summed E-state index contributed by atoms with van der Waals surface area (Å²) in [6, 6.07) is 25.7. The van der Waals surface area contributed by atoms with E-state index in [0.29, 0.717) is 29.4 Å². The van der Waals surface area contributed by atoms with Crippen molar-refractivity contribution >= 4 is 54.2 Å². The Morgan fingerprint density at radius 2 is 1.49 bits per heavy atom. The molecule has 0 aliphatic rings. The normalized spacial score (nSPS) is 12.2. The van der Waals surface area contributed by atoms with Crippen LogP contribution in [0.25, 0.3) is 0 Å². The molecule has 6 nitrogen and oxygen atoms in total. The molecule has 0 bridgehead atoms. The number of rotatable bonds is 11. The number of nitrogens with zero attached hydrogens (tertiary/aromatic N) is 1. The van der Waals surface area contributed by atoms with Gasteiger partial charge >= 0.3 is 0 Å². The summed E-state index contributed by atoms with van der Waals surface area (Å²) in [6.45, 7) is 6.86. The highest BCUT2D eigenvalue weighted by atomic mass is 35.5. The molecule has 0 saturated heterocycles. The van der Waals surface area contributed by atoms with Gasteiger partial charge in [0.05, 0.1) is 29.4 Å². The molecule has 3 aromatic carbocycles. The van der Waals surface area contributed by atoms with E-state index in [0.717, 1.165) is 6.42 Å². The van der Waals surface area contributed by atoms with Gasteiger partial charge in [-0.05, 0) is 40.4 Å². The molecule has 1 unspecified atom stereocenters. The summed E-state index contributed by atoms with van der Waals surface area (Å²) in [7, 11) is -0.412. The Bertz CT molecular complexity index is 1390. The van der Waals surface area contributed by atoms with Gasteiger partial charge < -0.3 is 19.2 Å². The minimum atomic E-state index is -1.98. The number of methoxy groups -OCH3 is 1. The summed E-state index contributed by atoms with van der Waals surface area (Å²) in [5.41, 5.74) is 0.617. The molecule has 0 radical (unpaired) electrons. The number of hydrogen-bond donors (Lipinski definition) is 1. The molecule has 0 aliphatic heterocycles. The van der Waals surface area contributed by atoms with Crippen LogP contribution in [0.15, 0.2) is 91.3 Å². The van der Waals surface area contributed by atoms with Crippen molar-refractivity contribution in [2.24, 2.45) is 5.41 Å². The summed E-state index contributed by atoms with van der Waals surface area (Å²) in [4.78, 5) is 17.1. The standard InChI is InChI=1S/C32H34Cl2N2O4Si/c1-32(2,3)18-23(21-39-41(24-11-7-5-8-12-24)25-13-9-6-10-14-25)40-29-17-22(15-16-28(29)38-4)31(37)36-30-26(33)19-35-20-27(30)34/h5-17,19-20,23,41H,18,21H2,1-4H3,(H,35,36,37). The fourth-order valence-corrected chi connectivity index (χ4v) is 7.25. The number of anilines is 1. The molecule has 0 aliphatic carbocycles. The molecule has 1 atom stereocenters. The topological polar surface area (TPSA) is 69.7 Å². The van der Waals surface area contributed by atoms with E-state index in [1.165, 1.54) is 22.8 Å². The number of amides is 1. The SMILES string of the molecule is COc1ccc(C(=O)Nc2c(Cl)cncc2Cl)cc1OC(CO[SiH](c1ccccc1)c1ccccc1)CC(C)(C)C. The predicted octanol–water partition coefficient (Wildman–Crippen LogP) is 6.39. The number of pyridine rings is 1. The highest BCUT2D eigenvalue weighted by Crippen LogP contribution is 2.33. The van der Waals surface area contributed by atoms with Crippen LogP contribution in [-0.2, 0) is 4.43 Å². The fraction of sp³-hybridized carbons (Fsp3) is 0.250. The van der Waals surface area contributed by atoms with E-state index in [-0.39, 0.29) is 21.6 Å². The fourth-order valence-electron chi connectivity index (χ4n) is 4.47. The summed E-state index contributed by atoms with van der Waals surface area (Å²) < 4.78 is 18.9. The van der Waals surface area contributed by atoms with Gasteiger partial charge in [0.1, 0.15) is 6.10 Å². The minimum absolute atomic E-state index is 0.0400. The molecule has 9 heteroatoms. The molecule has 0 fully saturated rings. The molecular formula is C32H34Cl2N2O4Si. The van der Waals surface area contributed by atoms with Crippen LogP contribution < -0.4 is 25.2 Å². The molecule has 0 spiro atoms. The Morgan fingerprint density at radius 3 is 2.02 bits per heavy atom. The first-order chi connectivity index (χ1) is 19.6. The van der Waals surface area contributed by atoms with Gasteiger partial charge in [-0.1, -0.05) is 105 Å². The van der Waals surface area contributed by atoms with Crippen molar-refractivity contribution in [3.05, 3.63) is 107 Å². The molecular weight excluding hydrogens is 575 g/mol. The summed E-state index contributed by atoms with van der Waals surface area (Å²) in [5, 5.41) is 5.64. The zero-order chi connectivity index (χ0) is 29.4. The third-order valence-electron chi connectivity index (χ3n) is 6.30. The average molecular weight is 610 g/mol. The third kappa shape index (κ3) is 8.56. The van der Waals surface area contributed by atoms with Crippen molar-refractivity contribution in [2.45, 2.75) is 33.3 Å². The lowest BCUT2D eigenvalue weighted by molar-refractivity contribution is 0.0885. The van der Waals surface area contributed by atoms with Crippen molar-refractivity contribution in [2.75, 3.05) is 19.0 Å². The van der Waals surface area contributed by atoms with E-state index in [1.807, 2.05) is 36.4 Å². The summed E-state index contributed by atoms with van der Waals surface area (Å²) in [5.74, 6) is 0.569. The number of halogens is 2. The van der Waals surface area contributed by atoms with E-state index in [4.69, 9.17) is 37.1 Å². The van der Waals surface area contributed by atoms with E-state index in [9.17, 15) is 4.79 Å². The van der Waals surface area contributed by atoms with E-state index in [1.54, 1.807) is 25.3 Å². The molecule has 1 amide bonds. The van der Waals surface area contributed by atoms with Crippen molar-refractivity contribution in [3.63, 3.8) is 0 Å². The van der Waals surface area contributed by atoms with Gasteiger partial charge in [0, 0.05) is 18.0 Å². The lowest BCUT2D eigenvalue weighted by Crippen LogP contribution is -2.47. The van der Waals surface area contributed by atoms with Crippen LogP contribution >= 0.6 is 23.2 Å². The van der Waals surface area contributed by atoms with Crippen LogP contribution in [0.5, 0.6) is 11.5 Å². The second-order valence-electron chi connectivity index (χ2n) is 10.8. The third-order valence-corrected chi connectivity index (χ3v) is 9.38. The highest BCUT2D eigenvalue weighted by Gasteiger charge is 2.26. The van der Waals surface area contributed by atoms with Gasteiger partial charge in [-0.3, -0.25) is 9.78 Å². The zero-order valence-electron chi connectivity index (χ0n) is 23.6. The first kappa shape index (κ1) is 30.6. The van der Waals surface area contributed by atoms with Crippen LogP contribution in [0.2, 0.25) is 10.0 Å². The van der Waals surface area contributed by atoms with Crippen LogP contribution in [-0.4, -0.2) is 39.8 Å². The second kappa shape index (κ2) is 14.0. The van der Waals surface area contributed by atoms with E-state index >= 15 is 0 Å². The van der Waals surface area contributed by atoms with Crippen molar-refractivity contribution in [1.29, 1.82) is 0 Å². The van der Waals surface area contributed by atoms with Gasteiger partial charge in [-0.15, -0.1) is 0 Å². The molecule has 4 rings (SSSR count). The molecule has 214 valence electrons. The Hall–Kier alpha value is -3.36. The smallest absolute Gasteiger partial charge is 0.255 e. The number of hydrogen-bond acceptors (Lipinski definition) is 5. The first-order valence-corrected chi connectivity index (χ1v) is 15.7. The van der Waals surface area contributed by atoms with Crippen molar-refractivity contribution in [1.82, 2.24) is 4.98 Å². The van der Waals surface area contributed by atoms with Crippen LogP contribution in [0.1, 0.15) is 37.6 Å². The largest absolute Gasteiger partial charge is 0.493 e. The van der Waals surface area contributed by atoms with Gasteiger partial charge in [0.15, 0.2) is 11.5 Å². The van der Waals surface area contributed by atoms with Gasteiger partial charge in [0.25, 0.3) is 5.91 Å². The van der Waals surface area contributed by atoms with Crippen LogP contribution in [0.4, 0.5) is 5.69 Å². The van der Waals surface area contributed by atoms with Gasteiger partial charge in [0.2, 0.25) is 9.04 Å². The maximum absolute atomic E-state index is 13.1. The summed E-state index contributed by atoms with van der Waals surface area (Å²) in [6.07, 6.45) is 3.27. The Balaban J connectivity index is 1.59. The van der Waals surface area contributed by atoms with Gasteiger partial charge in [-0.25, -0.2) is 0 Å². The zero-order valence-corrected chi connectivity index (χ0v) is 26.2. The monoisotopic (exact) mass is 608 g/mol. The second-order valence-corrected chi connectivity index (χ2v) is 14.1. The molecule has 1 N–H and O–H groups in total. The number of benzene rings is 3. The van der Waals surface area contributed by atoms with E-state index < -0.39 is 14.9 Å². The molecule has 41 heavy (non-hydrogen) atoms. The number of ether oxygens (including phenoxy) is 2.